The van der Waals surface area contributed by atoms with Gasteiger partial charge in [0.25, 0.3) is 0 Å². The predicted octanol–water partition coefficient (Wildman–Crippen LogP) is 3.30. The molecule has 0 aromatic heterocycles. The highest BCUT2D eigenvalue weighted by Gasteiger charge is 2.28. The summed E-state index contributed by atoms with van der Waals surface area (Å²) in [4.78, 5) is 28.0. The number of nitrogens with zero attached hydrogens (tertiary/aromatic N) is 2. The molecule has 170 valence electrons. The van der Waals surface area contributed by atoms with Crippen LogP contribution in [0, 0.1) is 0 Å². The van der Waals surface area contributed by atoms with E-state index in [-0.39, 0.29) is 35.7 Å². The van der Waals surface area contributed by atoms with E-state index in [0.717, 1.165) is 5.56 Å². The van der Waals surface area contributed by atoms with Crippen molar-refractivity contribution in [2.24, 2.45) is 0 Å². The quantitative estimate of drug-likeness (QED) is 0.577. The molecular formula is C22H23BrN2O6S. The Balaban J connectivity index is 1.52. The molecule has 10 heteroatoms. The summed E-state index contributed by atoms with van der Waals surface area (Å²) in [5.41, 5.74) is 2.15. The molecule has 2 aromatic rings. The summed E-state index contributed by atoms with van der Waals surface area (Å²) < 4.78 is 37.3. The van der Waals surface area contributed by atoms with Crippen molar-refractivity contribution in [3.05, 3.63) is 40.4 Å². The van der Waals surface area contributed by atoms with Gasteiger partial charge in [-0.3, -0.25) is 9.59 Å². The minimum Gasteiger partial charge on any atom is -0.454 e. The first-order valence-corrected chi connectivity index (χ1v) is 12.7. The molecule has 0 aliphatic carbocycles. The number of fused-ring (bicyclic) bond motifs is 2. The summed E-state index contributed by atoms with van der Waals surface area (Å²) in [6, 6.07) is 8.47. The zero-order valence-electron chi connectivity index (χ0n) is 17.8. The van der Waals surface area contributed by atoms with Gasteiger partial charge in [0.1, 0.15) is 0 Å². The van der Waals surface area contributed by atoms with Crippen LogP contribution in [-0.2, 0) is 25.8 Å². The number of hydrogen-bond donors (Lipinski definition) is 0. The summed E-state index contributed by atoms with van der Waals surface area (Å²) >= 11 is 3.35. The molecule has 2 aliphatic rings. The van der Waals surface area contributed by atoms with Gasteiger partial charge in [-0.15, -0.1) is 0 Å². The van der Waals surface area contributed by atoms with Gasteiger partial charge in [-0.1, -0.05) is 0 Å². The van der Waals surface area contributed by atoms with Crippen molar-refractivity contribution in [2.45, 2.75) is 31.6 Å². The van der Waals surface area contributed by atoms with Crippen LogP contribution in [0.5, 0.6) is 11.5 Å². The highest BCUT2D eigenvalue weighted by atomic mass is 79.9. The van der Waals surface area contributed by atoms with Crippen LogP contribution in [0.4, 0.5) is 11.4 Å². The van der Waals surface area contributed by atoms with Crippen molar-refractivity contribution < 1.29 is 27.5 Å². The van der Waals surface area contributed by atoms with E-state index < -0.39 is 9.84 Å². The van der Waals surface area contributed by atoms with Crippen molar-refractivity contribution in [2.75, 3.05) is 35.4 Å². The molecule has 2 heterocycles. The fourth-order valence-electron chi connectivity index (χ4n) is 3.98. The van der Waals surface area contributed by atoms with Crippen LogP contribution in [0.1, 0.15) is 25.8 Å². The number of rotatable bonds is 6. The Morgan fingerprint density at radius 2 is 1.91 bits per heavy atom. The highest BCUT2D eigenvalue weighted by Crippen LogP contribution is 2.37. The van der Waals surface area contributed by atoms with Crippen molar-refractivity contribution >= 4 is 49.0 Å². The lowest BCUT2D eigenvalue weighted by Crippen LogP contribution is -2.32. The highest BCUT2D eigenvalue weighted by molar-refractivity contribution is 9.10. The van der Waals surface area contributed by atoms with Crippen LogP contribution in [0.15, 0.2) is 39.7 Å². The molecule has 0 bridgehead atoms. The smallest absolute Gasteiger partial charge is 0.231 e. The molecule has 32 heavy (non-hydrogen) atoms. The van der Waals surface area contributed by atoms with Crippen LogP contribution in [0.2, 0.25) is 0 Å². The first kappa shape index (κ1) is 22.6. The van der Waals surface area contributed by atoms with Gasteiger partial charge in [-0.25, -0.2) is 8.42 Å². The first-order valence-electron chi connectivity index (χ1n) is 10.2. The van der Waals surface area contributed by atoms with E-state index in [4.69, 9.17) is 9.47 Å². The van der Waals surface area contributed by atoms with E-state index in [2.05, 4.69) is 15.9 Å². The number of benzene rings is 2. The van der Waals surface area contributed by atoms with Crippen LogP contribution < -0.4 is 19.3 Å². The lowest BCUT2D eigenvalue weighted by molar-refractivity contribution is -0.118. The van der Waals surface area contributed by atoms with Crippen molar-refractivity contribution in [1.29, 1.82) is 0 Å². The van der Waals surface area contributed by atoms with Gasteiger partial charge in [0.2, 0.25) is 18.6 Å². The number of amides is 2. The first-order chi connectivity index (χ1) is 15.2. The summed E-state index contributed by atoms with van der Waals surface area (Å²) in [5, 5.41) is 0. The van der Waals surface area contributed by atoms with Gasteiger partial charge in [0.15, 0.2) is 21.3 Å². The van der Waals surface area contributed by atoms with E-state index in [1.165, 1.54) is 17.9 Å². The number of sulfone groups is 1. The van der Waals surface area contributed by atoms with Gasteiger partial charge < -0.3 is 19.3 Å². The monoisotopic (exact) mass is 522 g/mol. The summed E-state index contributed by atoms with van der Waals surface area (Å²) in [6.07, 6.45) is 0.498. The largest absolute Gasteiger partial charge is 0.454 e. The second-order valence-corrected chi connectivity index (χ2v) is 10.5. The van der Waals surface area contributed by atoms with Crippen LogP contribution >= 0.6 is 15.9 Å². The molecule has 8 nitrogen and oxygen atoms in total. The van der Waals surface area contributed by atoms with Crippen LogP contribution in [0.3, 0.4) is 0 Å². The number of halogens is 1. The number of hydrogen-bond acceptors (Lipinski definition) is 6. The molecule has 4 rings (SSSR count). The molecule has 2 aliphatic heterocycles. The predicted molar refractivity (Wildman–Crippen MR) is 123 cm³/mol. The third kappa shape index (κ3) is 4.21. The molecule has 0 N–H and O–H groups in total. The number of carbonyl (C=O) groups excluding carboxylic acids is 2. The molecular weight excluding hydrogens is 500 g/mol. The molecule has 2 aromatic carbocycles. The molecule has 0 radical (unpaired) electrons. The summed E-state index contributed by atoms with van der Waals surface area (Å²) in [7, 11) is -3.77. The van der Waals surface area contributed by atoms with Gasteiger partial charge in [0, 0.05) is 48.3 Å². The van der Waals surface area contributed by atoms with Gasteiger partial charge in [0.05, 0.1) is 10.6 Å². The maximum Gasteiger partial charge on any atom is 0.231 e. The third-order valence-corrected chi connectivity index (χ3v) is 8.28. The second-order valence-electron chi connectivity index (χ2n) is 7.58. The fraction of sp³-hybridized carbons (Fsp3) is 0.364. The minimum atomic E-state index is -3.77. The van der Waals surface area contributed by atoms with Gasteiger partial charge in [-0.2, -0.15) is 0 Å². The number of carbonyl (C=O) groups is 2. The number of ether oxygens (including phenoxy) is 2. The Bertz CT molecular complexity index is 1200. The SMILES string of the molecule is CCN(C(=O)CCS(=O)(=O)c1cc2c(cc1Br)CCN2C(C)=O)c1ccc2c(c1)OCO2. The Morgan fingerprint density at radius 3 is 2.62 bits per heavy atom. The maximum atomic E-state index is 13.1. The van der Waals surface area contributed by atoms with Crippen molar-refractivity contribution in [1.82, 2.24) is 0 Å². The average Bonchev–Trinajstić information content (AvgIpc) is 3.38. The fourth-order valence-corrected chi connectivity index (χ4v) is 6.42. The molecule has 0 saturated carbocycles. The Morgan fingerprint density at radius 1 is 1.16 bits per heavy atom. The lowest BCUT2D eigenvalue weighted by Gasteiger charge is -2.21. The topological polar surface area (TPSA) is 93.2 Å². The van der Waals surface area contributed by atoms with E-state index in [1.54, 1.807) is 29.2 Å². The van der Waals surface area contributed by atoms with E-state index in [1.807, 2.05) is 6.92 Å². The molecule has 2 amide bonds. The standard InChI is InChI=1S/C22H23BrN2O6S/c1-3-24(16-4-5-19-20(11-16)31-13-30-19)22(27)7-9-32(28,29)21-12-18-15(10-17(21)23)6-8-25(18)14(2)26/h4-5,10-12H,3,6-9,13H2,1-2H3. The Labute approximate surface area is 195 Å². The zero-order valence-corrected chi connectivity index (χ0v) is 20.2. The molecule has 0 spiro atoms. The van der Waals surface area contributed by atoms with E-state index >= 15 is 0 Å². The number of anilines is 2. The molecule has 0 atom stereocenters. The van der Waals surface area contributed by atoms with Crippen molar-refractivity contribution in [3.8, 4) is 11.5 Å². The van der Waals surface area contributed by atoms with Crippen LogP contribution in [-0.4, -0.2) is 45.9 Å². The second kappa shape index (κ2) is 8.74. The lowest BCUT2D eigenvalue weighted by atomic mass is 10.2. The summed E-state index contributed by atoms with van der Waals surface area (Å²) in [5.74, 6) is 0.383. The minimum absolute atomic E-state index is 0.0864. The Kier molecular flexibility index (Phi) is 6.17. The van der Waals surface area contributed by atoms with E-state index in [0.29, 0.717) is 46.9 Å². The third-order valence-electron chi connectivity index (χ3n) is 5.61. The maximum absolute atomic E-state index is 13.1. The summed E-state index contributed by atoms with van der Waals surface area (Å²) in [6.45, 7) is 4.33. The van der Waals surface area contributed by atoms with Crippen molar-refractivity contribution in [3.63, 3.8) is 0 Å². The molecule has 0 saturated heterocycles. The van der Waals surface area contributed by atoms with E-state index in [9.17, 15) is 18.0 Å². The van der Waals surface area contributed by atoms with Gasteiger partial charge in [-0.05, 0) is 59.1 Å². The normalized spacial score (nSPS) is 14.4. The Hall–Kier alpha value is -2.59. The van der Waals surface area contributed by atoms with Crippen LogP contribution in [0.25, 0.3) is 0 Å². The molecule has 0 unspecified atom stereocenters. The average molecular weight is 523 g/mol. The molecule has 0 fully saturated rings. The zero-order chi connectivity index (χ0) is 23.0. The van der Waals surface area contributed by atoms with Gasteiger partial charge >= 0.3 is 0 Å².